The minimum absolute atomic E-state index is 0.0406. The van der Waals surface area contributed by atoms with E-state index in [9.17, 15) is 9.90 Å². The lowest BCUT2D eigenvalue weighted by atomic mass is 9.82. The number of aliphatic hydroxyl groups excluding tert-OH is 1. The van der Waals surface area contributed by atoms with Gasteiger partial charge in [-0.1, -0.05) is 33.1 Å². The summed E-state index contributed by atoms with van der Waals surface area (Å²) in [5.41, 5.74) is 6.19. The highest BCUT2D eigenvalue weighted by atomic mass is 16.3. The summed E-state index contributed by atoms with van der Waals surface area (Å²) in [6, 6.07) is -0.158. The van der Waals surface area contributed by atoms with E-state index < -0.39 is 6.10 Å². The lowest BCUT2D eigenvalue weighted by molar-refractivity contribution is -0.128. The van der Waals surface area contributed by atoms with Crippen LogP contribution in [0.3, 0.4) is 0 Å². The molecule has 2 fully saturated rings. The molecule has 1 saturated heterocycles. The first-order valence-corrected chi connectivity index (χ1v) is 7.92. The molecular weight excluding hydrogens is 254 g/mol. The number of β-amino-alcohol motifs (C(OH)–C–C–N with tert-alkyl or cyclic N) is 1. The number of hydrogen-bond acceptors (Lipinski definition) is 4. The largest absolute Gasteiger partial charge is 0.390 e. The number of hydrazine groups is 1. The van der Waals surface area contributed by atoms with Crippen LogP contribution in [0.25, 0.3) is 0 Å². The quantitative estimate of drug-likeness (QED) is 0.608. The van der Waals surface area contributed by atoms with E-state index >= 15 is 0 Å². The number of nitrogens with one attached hydrogen (secondary N) is 3. The normalized spacial score (nSPS) is 32.1. The maximum atomic E-state index is 12.4. The van der Waals surface area contributed by atoms with Crippen molar-refractivity contribution >= 4 is 5.91 Å². The average Bonchev–Trinajstić information content (AvgIpc) is 2.42. The Hall–Kier alpha value is -0.650. The zero-order valence-electron chi connectivity index (χ0n) is 12.7. The fraction of sp³-hybridized carbons (Fsp3) is 0.933. The van der Waals surface area contributed by atoms with E-state index in [0.717, 1.165) is 38.6 Å². The zero-order valence-corrected chi connectivity index (χ0v) is 12.7. The lowest BCUT2D eigenvalue weighted by Crippen LogP contribution is -2.56. The molecule has 1 aliphatic carbocycles. The van der Waals surface area contributed by atoms with Crippen LogP contribution in [0.5, 0.6) is 0 Å². The Bertz CT molecular complexity index is 327. The Kier molecular flexibility index (Phi) is 5.41. The van der Waals surface area contributed by atoms with Gasteiger partial charge in [0.15, 0.2) is 0 Å². The number of rotatable bonds is 2. The maximum absolute atomic E-state index is 12.4. The Morgan fingerprint density at radius 1 is 1.20 bits per heavy atom. The molecule has 1 aliphatic heterocycles. The van der Waals surface area contributed by atoms with Crippen LogP contribution in [0.1, 0.15) is 52.4 Å². The van der Waals surface area contributed by atoms with E-state index in [1.54, 1.807) is 0 Å². The predicted octanol–water partition coefficient (Wildman–Crippen LogP) is 0.936. The van der Waals surface area contributed by atoms with Crippen LogP contribution in [-0.4, -0.2) is 36.2 Å². The first-order valence-electron chi connectivity index (χ1n) is 7.92. The highest BCUT2D eigenvalue weighted by molar-refractivity contribution is 5.79. The molecule has 5 nitrogen and oxygen atoms in total. The second kappa shape index (κ2) is 6.87. The molecule has 0 aromatic rings. The third-order valence-corrected chi connectivity index (χ3v) is 4.54. The van der Waals surface area contributed by atoms with Gasteiger partial charge in [-0.3, -0.25) is 15.6 Å². The number of amides is 1. The fourth-order valence-corrected chi connectivity index (χ4v) is 3.24. The first-order chi connectivity index (χ1) is 9.48. The second-order valence-electron chi connectivity index (χ2n) is 7.12. The minimum Gasteiger partial charge on any atom is -0.390 e. The van der Waals surface area contributed by atoms with Crippen LogP contribution in [0, 0.1) is 11.3 Å². The van der Waals surface area contributed by atoms with Crippen LogP contribution < -0.4 is 16.2 Å². The second-order valence-corrected chi connectivity index (χ2v) is 7.12. The maximum Gasteiger partial charge on any atom is 0.223 e. The standard InChI is InChI=1S/C15H29N3O2/c1-15(2)8-12(13(19)9-16-17-10-15)18-14(20)11-6-4-3-5-7-11/h11-13,16-17,19H,3-10H2,1-2H3,(H,18,20). The smallest absolute Gasteiger partial charge is 0.223 e. The summed E-state index contributed by atoms with van der Waals surface area (Å²) in [7, 11) is 0. The van der Waals surface area contributed by atoms with Crippen LogP contribution in [0.2, 0.25) is 0 Å². The molecule has 0 aromatic heterocycles. The molecule has 2 unspecified atom stereocenters. The van der Waals surface area contributed by atoms with Crippen molar-refractivity contribution in [2.24, 2.45) is 11.3 Å². The first kappa shape index (κ1) is 15.7. The monoisotopic (exact) mass is 283 g/mol. The summed E-state index contributed by atoms with van der Waals surface area (Å²) in [4.78, 5) is 12.4. The van der Waals surface area contributed by atoms with Crippen LogP contribution in [0.4, 0.5) is 0 Å². The van der Waals surface area contributed by atoms with Crippen molar-refractivity contribution in [3.8, 4) is 0 Å². The van der Waals surface area contributed by atoms with E-state index in [0.29, 0.717) is 6.54 Å². The molecule has 0 aromatic carbocycles. The summed E-state index contributed by atoms with van der Waals surface area (Å²) >= 11 is 0. The van der Waals surface area contributed by atoms with E-state index in [-0.39, 0.29) is 23.3 Å². The van der Waals surface area contributed by atoms with E-state index in [1.807, 2.05) is 0 Å². The van der Waals surface area contributed by atoms with Crippen LogP contribution in [-0.2, 0) is 4.79 Å². The highest BCUT2D eigenvalue weighted by Gasteiger charge is 2.32. The SMILES string of the molecule is CC1(C)CNNCC(O)C(NC(=O)C2CCCCC2)C1. The zero-order chi connectivity index (χ0) is 14.6. The molecule has 4 N–H and O–H groups in total. The van der Waals surface area contributed by atoms with Gasteiger partial charge >= 0.3 is 0 Å². The van der Waals surface area contributed by atoms with Crippen molar-refractivity contribution in [1.29, 1.82) is 0 Å². The molecule has 116 valence electrons. The van der Waals surface area contributed by atoms with E-state index in [4.69, 9.17) is 0 Å². The molecule has 2 atom stereocenters. The van der Waals surface area contributed by atoms with Crippen molar-refractivity contribution in [3.05, 3.63) is 0 Å². The Morgan fingerprint density at radius 2 is 1.90 bits per heavy atom. The van der Waals surface area contributed by atoms with Gasteiger partial charge in [0, 0.05) is 19.0 Å². The highest BCUT2D eigenvalue weighted by Crippen LogP contribution is 2.26. The Labute approximate surface area is 121 Å². The molecule has 1 heterocycles. The molecular formula is C15H29N3O2. The van der Waals surface area contributed by atoms with Crippen LogP contribution >= 0.6 is 0 Å². The lowest BCUT2D eigenvalue weighted by Gasteiger charge is -2.36. The van der Waals surface area contributed by atoms with Crippen molar-refractivity contribution in [1.82, 2.24) is 16.2 Å². The van der Waals surface area contributed by atoms with Crippen molar-refractivity contribution in [2.75, 3.05) is 13.1 Å². The van der Waals surface area contributed by atoms with E-state index in [1.165, 1.54) is 6.42 Å². The van der Waals surface area contributed by atoms with Gasteiger partial charge in [0.2, 0.25) is 5.91 Å². The van der Waals surface area contributed by atoms with Crippen molar-refractivity contribution < 1.29 is 9.90 Å². The molecule has 0 radical (unpaired) electrons. The Morgan fingerprint density at radius 3 is 2.60 bits per heavy atom. The summed E-state index contributed by atoms with van der Waals surface area (Å²) in [5, 5.41) is 13.3. The molecule has 5 heteroatoms. The van der Waals surface area contributed by atoms with Gasteiger partial charge in [-0.2, -0.15) is 0 Å². The van der Waals surface area contributed by atoms with Gasteiger partial charge in [0.1, 0.15) is 0 Å². The molecule has 1 amide bonds. The van der Waals surface area contributed by atoms with Gasteiger partial charge in [-0.25, -0.2) is 0 Å². The number of hydrogen-bond donors (Lipinski definition) is 4. The van der Waals surface area contributed by atoms with Gasteiger partial charge in [-0.05, 0) is 24.7 Å². The number of aliphatic hydroxyl groups is 1. The number of carbonyl (C=O) groups excluding carboxylic acids is 1. The summed E-state index contributed by atoms with van der Waals surface area (Å²) < 4.78 is 0. The van der Waals surface area contributed by atoms with Crippen LogP contribution in [0.15, 0.2) is 0 Å². The molecule has 20 heavy (non-hydrogen) atoms. The molecule has 2 rings (SSSR count). The molecule has 2 aliphatic rings. The van der Waals surface area contributed by atoms with Crippen molar-refractivity contribution in [2.45, 2.75) is 64.5 Å². The Balaban J connectivity index is 1.94. The average molecular weight is 283 g/mol. The van der Waals surface area contributed by atoms with Gasteiger partial charge in [0.05, 0.1) is 12.1 Å². The predicted molar refractivity (Wildman–Crippen MR) is 78.9 cm³/mol. The fourth-order valence-electron chi connectivity index (χ4n) is 3.24. The summed E-state index contributed by atoms with van der Waals surface area (Å²) in [6.45, 7) is 5.60. The van der Waals surface area contributed by atoms with Gasteiger partial charge in [0.25, 0.3) is 0 Å². The number of carbonyl (C=O) groups is 1. The van der Waals surface area contributed by atoms with Crippen molar-refractivity contribution in [3.63, 3.8) is 0 Å². The summed E-state index contributed by atoms with van der Waals surface area (Å²) in [5.74, 6) is 0.286. The van der Waals surface area contributed by atoms with E-state index in [2.05, 4.69) is 30.0 Å². The summed E-state index contributed by atoms with van der Waals surface area (Å²) in [6.07, 6.45) is 5.80. The molecule has 0 bridgehead atoms. The van der Waals surface area contributed by atoms with Gasteiger partial charge in [-0.15, -0.1) is 0 Å². The third-order valence-electron chi connectivity index (χ3n) is 4.54. The minimum atomic E-state index is -0.547. The molecule has 1 saturated carbocycles. The molecule has 0 spiro atoms. The topological polar surface area (TPSA) is 73.4 Å². The third kappa shape index (κ3) is 4.43. The van der Waals surface area contributed by atoms with Gasteiger partial charge < -0.3 is 10.4 Å².